The van der Waals surface area contributed by atoms with Crippen molar-refractivity contribution in [1.82, 2.24) is 14.8 Å². The molecule has 0 bridgehead atoms. The standard InChI is InChI=1S/C30H37N3O4/c1-22-29(21-37-26-9-8-24-20-31-30(34)28(24)19-26)27(10-13-33(22)15-14-32-11-3-4-12-32)23-6-5-7-25(18-23)36-17-16-35-2/h3-9,11-12,18-19,22,27,29H,10,13-17,20-21H2,1-2H3,(H,31,34)/t22?,27?,29-/m1/s1. The fourth-order valence-corrected chi connectivity index (χ4v) is 5.63. The van der Waals surface area contributed by atoms with Crippen molar-refractivity contribution in [1.29, 1.82) is 0 Å². The van der Waals surface area contributed by atoms with Gasteiger partial charge in [0.15, 0.2) is 0 Å². The number of carbonyl (C=O) groups excluding carboxylic acids is 1. The maximum Gasteiger partial charge on any atom is 0.252 e. The van der Waals surface area contributed by atoms with E-state index in [9.17, 15) is 4.79 Å². The van der Waals surface area contributed by atoms with E-state index in [4.69, 9.17) is 14.2 Å². The molecule has 7 nitrogen and oxygen atoms in total. The van der Waals surface area contributed by atoms with Gasteiger partial charge in [-0.15, -0.1) is 0 Å². The predicted octanol–water partition coefficient (Wildman–Crippen LogP) is 4.33. The Bertz CT molecular complexity index is 1180. The van der Waals surface area contributed by atoms with E-state index in [1.54, 1.807) is 7.11 Å². The van der Waals surface area contributed by atoms with Crippen molar-refractivity contribution in [3.8, 4) is 11.5 Å². The molecule has 2 unspecified atom stereocenters. The molecule has 1 saturated heterocycles. The average Bonchev–Trinajstić information content (AvgIpc) is 3.57. The molecule has 0 aliphatic carbocycles. The molecule has 2 aromatic carbocycles. The molecule has 3 atom stereocenters. The van der Waals surface area contributed by atoms with Crippen LogP contribution in [0, 0.1) is 5.92 Å². The third-order valence-electron chi connectivity index (χ3n) is 7.80. The molecule has 1 N–H and O–H groups in total. The Hall–Kier alpha value is -3.29. The molecule has 1 amide bonds. The lowest BCUT2D eigenvalue weighted by molar-refractivity contribution is 0.0538. The quantitative estimate of drug-likeness (QED) is 0.395. The van der Waals surface area contributed by atoms with Crippen LogP contribution in [0.4, 0.5) is 0 Å². The van der Waals surface area contributed by atoms with Gasteiger partial charge in [-0.1, -0.05) is 18.2 Å². The van der Waals surface area contributed by atoms with Gasteiger partial charge in [-0.25, -0.2) is 0 Å². The Labute approximate surface area is 219 Å². The van der Waals surface area contributed by atoms with E-state index >= 15 is 0 Å². The number of piperidine rings is 1. The largest absolute Gasteiger partial charge is 0.493 e. The van der Waals surface area contributed by atoms with Crippen molar-refractivity contribution < 1.29 is 19.0 Å². The number of nitrogens with zero attached hydrogens (tertiary/aromatic N) is 2. The Kier molecular flexibility index (Phi) is 8.12. The molecule has 3 aromatic rings. The van der Waals surface area contributed by atoms with Gasteiger partial charge in [0, 0.05) is 56.7 Å². The highest BCUT2D eigenvalue weighted by Gasteiger charge is 2.37. The van der Waals surface area contributed by atoms with Gasteiger partial charge in [-0.3, -0.25) is 9.69 Å². The number of aromatic nitrogens is 1. The number of nitrogens with one attached hydrogen (secondary N) is 1. The number of hydrogen-bond acceptors (Lipinski definition) is 5. The van der Waals surface area contributed by atoms with Gasteiger partial charge in [0.25, 0.3) is 5.91 Å². The summed E-state index contributed by atoms with van der Waals surface area (Å²) < 4.78 is 19.7. The molecule has 7 heteroatoms. The number of benzene rings is 2. The van der Waals surface area contributed by atoms with Crippen LogP contribution in [-0.4, -0.2) is 61.4 Å². The lowest BCUT2D eigenvalue weighted by atomic mass is 9.76. The zero-order chi connectivity index (χ0) is 25.6. The van der Waals surface area contributed by atoms with E-state index in [0.717, 1.165) is 48.7 Å². The van der Waals surface area contributed by atoms with Crippen LogP contribution in [0.15, 0.2) is 67.0 Å². The summed E-state index contributed by atoms with van der Waals surface area (Å²) in [6.45, 7) is 7.61. The molecule has 0 radical (unpaired) electrons. The number of hydrogen-bond donors (Lipinski definition) is 1. The van der Waals surface area contributed by atoms with E-state index in [0.29, 0.717) is 38.3 Å². The highest BCUT2D eigenvalue weighted by atomic mass is 16.5. The zero-order valence-electron chi connectivity index (χ0n) is 21.8. The minimum Gasteiger partial charge on any atom is -0.493 e. The van der Waals surface area contributed by atoms with Crippen LogP contribution in [0.25, 0.3) is 0 Å². The monoisotopic (exact) mass is 503 g/mol. The minimum atomic E-state index is -0.0224. The summed E-state index contributed by atoms with van der Waals surface area (Å²) in [6, 6.07) is 18.8. The SMILES string of the molecule is COCCOc1cccc(C2CCN(CCn3cccc3)C(C)[C@H]2COc2ccc3c(c2)C(=O)NC3)c1. The van der Waals surface area contributed by atoms with E-state index in [1.165, 1.54) is 5.56 Å². The highest BCUT2D eigenvalue weighted by molar-refractivity contribution is 5.98. The number of carbonyl (C=O) groups is 1. The molecule has 1 aromatic heterocycles. The third kappa shape index (κ3) is 6.00. The number of methoxy groups -OCH3 is 1. The average molecular weight is 504 g/mol. The molecule has 37 heavy (non-hydrogen) atoms. The predicted molar refractivity (Wildman–Crippen MR) is 143 cm³/mol. The van der Waals surface area contributed by atoms with Crippen molar-refractivity contribution >= 4 is 5.91 Å². The first-order valence-electron chi connectivity index (χ1n) is 13.2. The normalized spacial score (nSPS) is 21.5. The van der Waals surface area contributed by atoms with Gasteiger partial charge < -0.3 is 24.1 Å². The van der Waals surface area contributed by atoms with Crippen LogP contribution < -0.4 is 14.8 Å². The molecule has 3 heterocycles. The fourth-order valence-electron chi connectivity index (χ4n) is 5.63. The van der Waals surface area contributed by atoms with E-state index in [1.807, 2.05) is 24.3 Å². The first kappa shape index (κ1) is 25.4. The summed E-state index contributed by atoms with van der Waals surface area (Å²) in [5.74, 6) is 2.24. The van der Waals surface area contributed by atoms with Crippen molar-refractivity contribution in [2.75, 3.05) is 40.0 Å². The number of ether oxygens (including phenoxy) is 3. The summed E-state index contributed by atoms with van der Waals surface area (Å²) in [5.41, 5.74) is 3.04. The summed E-state index contributed by atoms with van der Waals surface area (Å²) in [6.07, 6.45) is 5.30. The molecule has 196 valence electrons. The van der Waals surface area contributed by atoms with E-state index < -0.39 is 0 Å². The molecular formula is C30H37N3O4. The Morgan fingerprint density at radius 1 is 0.973 bits per heavy atom. The molecule has 5 rings (SSSR count). The van der Waals surface area contributed by atoms with Crippen molar-refractivity contribution in [3.05, 3.63) is 83.7 Å². The second-order valence-electron chi connectivity index (χ2n) is 9.98. The molecule has 0 saturated carbocycles. The summed E-state index contributed by atoms with van der Waals surface area (Å²) in [4.78, 5) is 14.7. The molecule has 2 aliphatic rings. The number of fused-ring (bicyclic) bond motifs is 1. The first-order valence-corrected chi connectivity index (χ1v) is 13.2. The number of rotatable bonds is 11. The zero-order valence-corrected chi connectivity index (χ0v) is 21.8. The second kappa shape index (κ2) is 11.8. The maximum atomic E-state index is 12.2. The van der Waals surface area contributed by atoms with Crippen molar-refractivity contribution in [3.63, 3.8) is 0 Å². The summed E-state index contributed by atoms with van der Waals surface area (Å²) in [7, 11) is 1.68. The lowest BCUT2D eigenvalue weighted by Crippen LogP contribution is -2.49. The fraction of sp³-hybridized carbons (Fsp3) is 0.433. The molecular weight excluding hydrogens is 466 g/mol. The first-order chi connectivity index (χ1) is 18.1. The van der Waals surface area contributed by atoms with Gasteiger partial charge in [0.05, 0.1) is 13.2 Å². The molecule has 2 aliphatic heterocycles. The Morgan fingerprint density at radius 2 is 1.81 bits per heavy atom. The van der Waals surface area contributed by atoms with Gasteiger partial charge in [0.1, 0.15) is 18.1 Å². The lowest BCUT2D eigenvalue weighted by Gasteiger charge is -2.44. The summed E-state index contributed by atoms with van der Waals surface area (Å²) >= 11 is 0. The minimum absolute atomic E-state index is 0.0224. The molecule has 1 fully saturated rings. The van der Waals surface area contributed by atoms with Crippen LogP contribution in [0.1, 0.15) is 40.7 Å². The van der Waals surface area contributed by atoms with Crippen LogP contribution in [0.2, 0.25) is 0 Å². The maximum absolute atomic E-state index is 12.2. The van der Waals surface area contributed by atoms with Gasteiger partial charge in [-0.05, 0) is 73.3 Å². The topological polar surface area (TPSA) is 65.0 Å². The van der Waals surface area contributed by atoms with Crippen molar-refractivity contribution in [2.24, 2.45) is 5.92 Å². The van der Waals surface area contributed by atoms with Crippen LogP contribution in [-0.2, 0) is 17.8 Å². The smallest absolute Gasteiger partial charge is 0.252 e. The number of amides is 1. The highest BCUT2D eigenvalue weighted by Crippen LogP contribution is 2.38. The van der Waals surface area contributed by atoms with E-state index in [-0.39, 0.29) is 11.8 Å². The Balaban J connectivity index is 1.33. The van der Waals surface area contributed by atoms with Crippen molar-refractivity contribution in [2.45, 2.75) is 38.4 Å². The van der Waals surface area contributed by atoms with Crippen LogP contribution in [0.5, 0.6) is 11.5 Å². The third-order valence-corrected chi connectivity index (χ3v) is 7.80. The summed E-state index contributed by atoms with van der Waals surface area (Å²) in [5, 5.41) is 2.89. The van der Waals surface area contributed by atoms with Gasteiger partial charge in [-0.2, -0.15) is 0 Å². The van der Waals surface area contributed by atoms with Crippen LogP contribution >= 0.6 is 0 Å². The van der Waals surface area contributed by atoms with E-state index in [2.05, 4.69) is 64.4 Å². The van der Waals surface area contributed by atoms with Gasteiger partial charge >= 0.3 is 0 Å². The second-order valence-corrected chi connectivity index (χ2v) is 9.98. The molecule has 0 spiro atoms. The number of likely N-dealkylation sites (tertiary alicyclic amines) is 1. The Morgan fingerprint density at radius 3 is 2.65 bits per heavy atom. The van der Waals surface area contributed by atoms with Crippen LogP contribution in [0.3, 0.4) is 0 Å². The van der Waals surface area contributed by atoms with Gasteiger partial charge in [0.2, 0.25) is 0 Å².